The Kier molecular flexibility index (Phi) is 6.12. The number of nitrogens with one attached hydrogen (secondary N) is 2. The molecule has 1 aromatic heterocycles. The lowest BCUT2D eigenvalue weighted by Crippen LogP contribution is -2.46. The van der Waals surface area contributed by atoms with Gasteiger partial charge in [-0.1, -0.05) is 30.3 Å². The fourth-order valence-electron chi connectivity index (χ4n) is 4.31. The lowest BCUT2D eigenvalue weighted by molar-refractivity contribution is -0.0300. The number of aryl methyl sites for hydroxylation is 1. The van der Waals surface area contributed by atoms with Gasteiger partial charge in [0.15, 0.2) is 6.29 Å². The van der Waals surface area contributed by atoms with Crippen molar-refractivity contribution < 1.29 is 18.7 Å². The van der Waals surface area contributed by atoms with Crippen molar-refractivity contribution in [1.29, 1.82) is 0 Å². The molecule has 2 aliphatic heterocycles. The number of hydrogen-bond acceptors (Lipinski definition) is 6. The lowest BCUT2D eigenvalue weighted by Gasteiger charge is -2.35. The number of halogens is 1. The van der Waals surface area contributed by atoms with Crippen LogP contribution < -0.4 is 15.5 Å². The first-order chi connectivity index (χ1) is 16.5. The number of aromatic nitrogens is 2. The summed E-state index contributed by atoms with van der Waals surface area (Å²) in [5.74, 6) is 0.548. The Balaban J connectivity index is 1.61. The number of benzene rings is 2. The van der Waals surface area contributed by atoms with Gasteiger partial charge in [0.1, 0.15) is 11.6 Å². The third-order valence-electron chi connectivity index (χ3n) is 6.08. The monoisotopic (exact) mass is 463 g/mol. The minimum Gasteiger partial charge on any atom is -0.349 e. The maximum absolute atomic E-state index is 13.8. The van der Waals surface area contributed by atoms with Crippen LogP contribution in [0.15, 0.2) is 48.5 Å². The summed E-state index contributed by atoms with van der Waals surface area (Å²) in [5.41, 5.74) is 3.92. The van der Waals surface area contributed by atoms with Crippen LogP contribution in [-0.4, -0.2) is 42.0 Å². The Morgan fingerprint density at radius 2 is 1.94 bits per heavy atom. The zero-order chi connectivity index (χ0) is 23.7. The first-order valence-corrected chi connectivity index (χ1v) is 11.3. The molecule has 0 unspecified atom stereocenters. The third kappa shape index (κ3) is 4.32. The van der Waals surface area contributed by atoms with Crippen LogP contribution in [-0.2, 0) is 16.0 Å². The highest BCUT2D eigenvalue weighted by Gasteiger charge is 2.33. The molecule has 2 aromatic carbocycles. The van der Waals surface area contributed by atoms with E-state index in [1.807, 2.05) is 44.2 Å². The minimum absolute atomic E-state index is 0.238. The van der Waals surface area contributed by atoms with Crippen molar-refractivity contribution in [1.82, 2.24) is 15.3 Å². The van der Waals surface area contributed by atoms with Crippen LogP contribution >= 0.6 is 0 Å². The van der Waals surface area contributed by atoms with E-state index in [9.17, 15) is 9.18 Å². The topological polar surface area (TPSA) is 88.6 Å². The van der Waals surface area contributed by atoms with Crippen LogP contribution in [0.1, 0.15) is 29.7 Å². The number of anilines is 2. The predicted octanol–water partition coefficient (Wildman–Crippen LogP) is 4.17. The molecule has 1 fully saturated rings. The third-order valence-corrected chi connectivity index (χ3v) is 6.08. The minimum atomic E-state index is -0.390. The van der Waals surface area contributed by atoms with Crippen molar-refractivity contribution in [3.8, 4) is 11.3 Å². The second kappa shape index (κ2) is 9.36. The van der Waals surface area contributed by atoms with E-state index in [0.717, 1.165) is 22.3 Å². The SMILES string of the molecule is Cc1cc(F)ccc1-c1nc(NCC2OCCO2)nc2c1CNC(=O)N2[C@@H](C)c1ccccc1. The van der Waals surface area contributed by atoms with Crippen molar-refractivity contribution in [3.63, 3.8) is 0 Å². The van der Waals surface area contributed by atoms with Gasteiger partial charge in [0.25, 0.3) is 0 Å². The first-order valence-electron chi connectivity index (χ1n) is 11.3. The van der Waals surface area contributed by atoms with Gasteiger partial charge >= 0.3 is 6.03 Å². The van der Waals surface area contributed by atoms with Gasteiger partial charge in [-0.15, -0.1) is 0 Å². The maximum Gasteiger partial charge on any atom is 0.323 e. The summed E-state index contributed by atoms with van der Waals surface area (Å²) in [7, 11) is 0. The Morgan fingerprint density at radius 3 is 2.68 bits per heavy atom. The first kappa shape index (κ1) is 22.2. The highest BCUT2D eigenvalue weighted by molar-refractivity contribution is 5.96. The van der Waals surface area contributed by atoms with E-state index in [-0.39, 0.29) is 24.4 Å². The molecular weight excluding hydrogens is 437 g/mol. The van der Waals surface area contributed by atoms with E-state index in [1.165, 1.54) is 12.1 Å². The fraction of sp³-hybridized carbons (Fsp3) is 0.320. The largest absolute Gasteiger partial charge is 0.349 e. The van der Waals surface area contributed by atoms with Crippen LogP contribution in [0.3, 0.4) is 0 Å². The fourth-order valence-corrected chi connectivity index (χ4v) is 4.31. The quantitative estimate of drug-likeness (QED) is 0.571. The molecule has 1 saturated heterocycles. The average molecular weight is 464 g/mol. The molecule has 8 nitrogen and oxygen atoms in total. The Hall–Kier alpha value is -3.56. The van der Waals surface area contributed by atoms with E-state index < -0.39 is 6.29 Å². The molecule has 0 radical (unpaired) electrons. The number of hydrogen-bond donors (Lipinski definition) is 2. The van der Waals surface area contributed by atoms with Gasteiger partial charge < -0.3 is 20.1 Å². The van der Waals surface area contributed by atoms with E-state index in [4.69, 9.17) is 19.4 Å². The number of carbonyl (C=O) groups is 1. The van der Waals surface area contributed by atoms with Crippen molar-refractivity contribution in [2.45, 2.75) is 32.7 Å². The van der Waals surface area contributed by atoms with Crippen LogP contribution in [0.4, 0.5) is 21.0 Å². The lowest BCUT2D eigenvalue weighted by atomic mass is 9.99. The second-order valence-corrected chi connectivity index (χ2v) is 8.32. The van der Waals surface area contributed by atoms with Gasteiger partial charge in [-0.2, -0.15) is 4.98 Å². The predicted molar refractivity (Wildman–Crippen MR) is 126 cm³/mol. The highest BCUT2D eigenvalue weighted by Crippen LogP contribution is 2.37. The Morgan fingerprint density at radius 1 is 1.18 bits per heavy atom. The van der Waals surface area contributed by atoms with Gasteiger partial charge in [0.2, 0.25) is 5.95 Å². The van der Waals surface area contributed by atoms with E-state index in [1.54, 1.807) is 11.0 Å². The molecule has 176 valence electrons. The molecular formula is C25H26FN5O3. The molecule has 2 amide bonds. The summed E-state index contributed by atoms with van der Waals surface area (Å²) in [5, 5.41) is 6.14. The summed E-state index contributed by atoms with van der Waals surface area (Å²) >= 11 is 0. The zero-order valence-electron chi connectivity index (χ0n) is 19.0. The molecule has 0 saturated carbocycles. The highest BCUT2D eigenvalue weighted by atomic mass is 19.1. The van der Waals surface area contributed by atoms with Gasteiger partial charge in [-0.3, -0.25) is 4.90 Å². The van der Waals surface area contributed by atoms with Crippen molar-refractivity contribution in [2.75, 3.05) is 30.0 Å². The van der Waals surface area contributed by atoms with E-state index in [0.29, 0.717) is 37.2 Å². The van der Waals surface area contributed by atoms with Crippen LogP contribution in [0, 0.1) is 12.7 Å². The molecule has 3 heterocycles. The van der Waals surface area contributed by atoms with Crippen LogP contribution in [0.25, 0.3) is 11.3 Å². The molecule has 0 spiro atoms. The normalized spacial score (nSPS) is 16.8. The smallest absolute Gasteiger partial charge is 0.323 e. The van der Waals surface area contributed by atoms with Crippen molar-refractivity contribution in [2.24, 2.45) is 0 Å². The Bertz CT molecular complexity index is 1200. The van der Waals surface area contributed by atoms with Gasteiger partial charge in [-0.25, -0.2) is 14.2 Å². The second-order valence-electron chi connectivity index (χ2n) is 8.32. The summed E-state index contributed by atoms with van der Waals surface area (Å²) in [6.07, 6.45) is -0.390. The summed E-state index contributed by atoms with van der Waals surface area (Å²) in [6, 6.07) is 13.9. The van der Waals surface area contributed by atoms with Gasteiger partial charge in [-0.05, 0) is 43.2 Å². The molecule has 2 N–H and O–H groups in total. The summed E-state index contributed by atoms with van der Waals surface area (Å²) < 4.78 is 24.9. The van der Waals surface area contributed by atoms with Crippen molar-refractivity contribution >= 4 is 17.8 Å². The molecule has 0 aliphatic carbocycles. The van der Waals surface area contributed by atoms with Crippen molar-refractivity contribution in [3.05, 3.63) is 71.0 Å². The number of nitrogens with zero attached hydrogens (tertiary/aromatic N) is 3. The molecule has 9 heteroatoms. The molecule has 1 atom stereocenters. The average Bonchev–Trinajstić information content (AvgIpc) is 3.36. The maximum atomic E-state index is 13.8. The van der Waals surface area contributed by atoms with Gasteiger partial charge in [0, 0.05) is 11.1 Å². The number of rotatable bonds is 6. The Labute approximate surface area is 197 Å². The summed E-state index contributed by atoms with van der Waals surface area (Å²) in [4.78, 5) is 24.2. The summed E-state index contributed by atoms with van der Waals surface area (Å²) in [6.45, 7) is 5.52. The van der Waals surface area contributed by atoms with Gasteiger partial charge in [0.05, 0.1) is 38.0 Å². The molecule has 0 bridgehead atoms. The molecule has 3 aromatic rings. The van der Waals surface area contributed by atoms with Crippen LogP contribution in [0.2, 0.25) is 0 Å². The van der Waals surface area contributed by atoms with E-state index in [2.05, 4.69) is 10.6 Å². The standard InChI is InChI=1S/C25H26FN5O3/c1-15-12-18(26)8-9-19(15)22-20-13-28-25(32)31(16(2)17-6-4-3-5-7-17)23(20)30-24(29-22)27-14-21-33-10-11-34-21/h3-9,12,16,21H,10-11,13-14H2,1-2H3,(H,28,32)(H,27,29,30)/t16-/m0/s1. The van der Waals surface area contributed by atoms with E-state index >= 15 is 0 Å². The molecule has 34 heavy (non-hydrogen) atoms. The zero-order valence-corrected chi connectivity index (χ0v) is 19.0. The number of urea groups is 1. The number of ether oxygens (including phenoxy) is 2. The molecule has 5 rings (SSSR count). The number of carbonyl (C=O) groups excluding carboxylic acids is 1. The van der Waals surface area contributed by atoms with Crippen LogP contribution in [0.5, 0.6) is 0 Å². The number of fused-ring (bicyclic) bond motifs is 1. The molecule has 2 aliphatic rings. The number of amides is 2.